The van der Waals surface area contributed by atoms with E-state index in [4.69, 9.17) is 11.6 Å². The van der Waals surface area contributed by atoms with Crippen LogP contribution < -0.4 is 5.32 Å². The van der Waals surface area contributed by atoms with Crippen LogP contribution in [0.1, 0.15) is 37.2 Å². The molecule has 1 aliphatic rings. The monoisotopic (exact) mass is 349 g/mol. The van der Waals surface area contributed by atoms with E-state index in [9.17, 15) is 9.18 Å². The number of amides is 2. The summed E-state index contributed by atoms with van der Waals surface area (Å²) in [6.07, 6.45) is 1.89. The van der Waals surface area contributed by atoms with Gasteiger partial charge >= 0.3 is 6.03 Å². The second-order valence-electron chi connectivity index (χ2n) is 6.11. The fourth-order valence-electron chi connectivity index (χ4n) is 3.30. The Morgan fingerprint density at radius 3 is 2.83 bits per heavy atom. The lowest BCUT2D eigenvalue weighted by molar-refractivity contribution is 0.162. The third-order valence-corrected chi connectivity index (χ3v) is 4.80. The van der Waals surface area contributed by atoms with E-state index >= 15 is 0 Å². The number of hydrogen-bond donors (Lipinski definition) is 1. The molecule has 24 heavy (non-hydrogen) atoms. The maximum Gasteiger partial charge on any atom is 0.322 e. The highest BCUT2D eigenvalue weighted by atomic mass is 35.5. The van der Waals surface area contributed by atoms with Gasteiger partial charge in [-0.2, -0.15) is 0 Å². The van der Waals surface area contributed by atoms with Gasteiger partial charge in [-0.3, -0.25) is 0 Å². The van der Waals surface area contributed by atoms with Gasteiger partial charge in [-0.25, -0.2) is 9.18 Å². The molecule has 1 aliphatic heterocycles. The summed E-state index contributed by atoms with van der Waals surface area (Å²) < 4.78 is 15.5. The minimum atomic E-state index is -0.496. The van der Waals surface area contributed by atoms with E-state index in [2.05, 4.69) is 35.9 Å². The van der Waals surface area contributed by atoms with Crippen LogP contribution in [-0.4, -0.2) is 22.0 Å². The Kier molecular flexibility index (Phi) is 4.81. The molecule has 0 saturated heterocycles. The third-order valence-electron chi connectivity index (χ3n) is 4.51. The third kappa shape index (κ3) is 3.13. The molecule has 2 amide bonds. The van der Waals surface area contributed by atoms with Crippen LogP contribution in [0.15, 0.2) is 30.3 Å². The molecule has 0 aliphatic carbocycles. The standard InChI is InChI=1S/C18H21ClFN3O/c1-3-4-16-17-8-5-12(2)22(17)9-10-23(16)18(24)21-13-6-7-15(20)14(19)11-13/h5-8,11,16H,3-4,9-10H2,1-2H3,(H,21,24)/t16-/m0/s1. The number of nitrogens with zero attached hydrogens (tertiary/aromatic N) is 2. The summed E-state index contributed by atoms with van der Waals surface area (Å²) in [5.74, 6) is -0.496. The van der Waals surface area contributed by atoms with Crippen molar-refractivity contribution in [3.8, 4) is 0 Å². The summed E-state index contributed by atoms with van der Waals surface area (Å²) in [6.45, 7) is 5.63. The number of anilines is 1. The van der Waals surface area contributed by atoms with Gasteiger partial charge in [-0.15, -0.1) is 0 Å². The van der Waals surface area contributed by atoms with Crippen molar-refractivity contribution in [2.45, 2.75) is 39.3 Å². The van der Waals surface area contributed by atoms with Gasteiger partial charge in [0.25, 0.3) is 0 Å². The van der Waals surface area contributed by atoms with Crippen molar-refractivity contribution in [3.05, 3.63) is 52.6 Å². The summed E-state index contributed by atoms with van der Waals surface area (Å²) in [6, 6.07) is 8.27. The van der Waals surface area contributed by atoms with E-state index in [1.165, 1.54) is 29.6 Å². The minimum absolute atomic E-state index is 0.000975. The summed E-state index contributed by atoms with van der Waals surface area (Å²) in [4.78, 5) is 14.6. The van der Waals surface area contributed by atoms with Gasteiger partial charge in [0.15, 0.2) is 0 Å². The van der Waals surface area contributed by atoms with Gasteiger partial charge in [-0.05, 0) is 43.7 Å². The fourth-order valence-corrected chi connectivity index (χ4v) is 3.48. The van der Waals surface area contributed by atoms with Gasteiger partial charge < -0.3 is 14.8 Å². The van der Waals surface area contributed by atoms with E-state index in [0.717, 1.165) is 19.4 Å². The maximum atomic E-state index is 13.3. The van der Waals surface area contributed by atoms with Crippen molar-refractivity contribution < 1.29 is 9.18 Å². The van der Waals surface area contributed by atoms with Crippen LogP contribution in [0.3, 0.4) is 0 Å². The molecule has 0 radical (unpaired) electrons. The first-order valence-corrected chi connectivity index (χ1v) is 8.57. The Labute approximate surface area is 146 Å². The molecule has 2 aromatic rings. The lowest BCUT2D eigenvalue weighted by Gasteiger charge is -2.37. The van der Waals surface area contributed by atoms with Crippen molar-refractivity contribution in [2.24, 2.45) is 0 Å². The Bertz CT molecular complexity index is 759. The highest BCUT2D eigenvalue weighted by Gasteiger charge is 2.31. The van der Waals surface area contributed by atoms with E-state index in [1.807, 2.05) is 4.90 Å². The number of aromatic nitrogens is 1. The lowest BCUT2D eigenvalue weighted by atomic mass is 10.0. The van der Waals surface area contributed by atoms with Gasteiger partial charge in [-0.1, -0.05) is 24.9 Å². The summed E-state index contributed by atoms with van der Waals surface area (Å²) >= 11 is 5.79. The molecular formula is C18H21ClFN3O. The number of nitrogens with one attached hydrogen (secondary N) is 1. The number of halogens is 2. The summed E-state index contributed by atoms with van der Waals surface area (Å²) in [5, 5.41) is 2.83. The summed E-state index contributed by atoms with van der Waals surface area (Å²) in [5.41, 5.74) is 2.89. The molecule has 128 valence electrons. The van der Waals surface area contributed by atoms with Gasteiger partial charge in [0, 0.05) is 30.2 Å². The molecule has 0 unspecified atom stereocenters. The number of benzene rings is 1. The normalized spacial score (nSPS) is 16.8. The highest BCUT2D eigenvalue weighted by Crippen LogP contribution is 2.32. The summed E-state index contributed by atoms with van der Waals surface area (Å²) in [7, 11) is 0. The molecule has 1 N–H and O–H groups in total. The van der Waals surface area contributed by atoms with Crippen molar-refractivity contribution in [1.82, 2.24) is 9.47 Å². The fraction of sp³-hybridized carbons (Fsp3) is 0.389. The second kappa shape index (κ2) is 6.85. The predicted octanol–water partition coefficient (Wildman–Crippen LogP) is 4.98. The van der Waals surface area contributed by atoms with E-state index in [0.29, 0.717) is 12.2 Å². The number of rotatable bonds is 3. The molecule has 3 rings (SSSR count). The molecule has 0 spiro atoms. The smallest absolute Gasteiger partial charge is 0.322 e. The molecule has 2 heterocycles. The average molecular weight is 350 g/mol. The number of fused-ring (bicyclic) bond motifs is 1. The SMILES string of the molecule is CCC[C@H]1c2ccc(C)n2CCN1C(=O)Nc1ccc(F)c(Cl)c1. The zero-order chi connectivity index (χ0) is 17.3. The second-order valence-corrected chi connectivity index (χ2v) is 6.52. The number of urea groups is 1. The van der Waals surface area contributed by atoms with Crippen LogP contribution in [0.5, 0.6) is 0 Å². The van der Waals surface area contributed by atoms with Crippen molar-refractivity contribution in [1.29, 1.82) is 0 Å². The van der Waals surface area contributed by atoms with Crippen molar-refractivity contribution in [3.63, 3.8) is 0 Å². The van der Waals surface area contributed by atoms with Crippen molar-refractivity contribution in [2.75, 3.05) is 11.9 Å². The highest BCUT2D eigenvalue weighted by molar-refractivity contribution is 6.31. The predicted molar refractivity (Wildman–Crippen MR) is 94.0 cm³/mol. The van der Waals surface area contributed by atoms with Gasteiger partial charge in [0.05, 0.1) is 11.1 Å². The van der Waals surface area contributed by atoms with Gasteiger partial charge in [0.1, 0.15) is 5.82 Å². The minimum Gasteiger partial charge on any atom is -0.345 e. The molecule has 1 aromatic heterocycles. The van der Waals surface area contributed by atoms with Crippen LogP contribution in [0.25, 0.3) is 0 Å². The molecule has 1 atom stereocenters. The van der Waals surface area contributed by atoms with Crippen molar-refractivity contribution >= 4 is 23.3 Å². The Morgan fingerprint density at radius 1 is 1.33 bits per heavy atom. The average Bonchev–Trinajstić information content (AvgIpc) is 2.93. The first kappa shape index (κ1) is 16.8. The number of aryl methyl sites for hydroxylation is 1. The maximum absolute atomic E-state index is 13.3. The number of hydrogen-bond acceptors (Lipinski definition) is 1. The largest absolute Gasteiger partial charge is 0.345 e. The Hall–Kier alpha value is -2.01. The molecule has 6 heteroatoms. The molecule has 4 nitrogen and oxygen atoms in total. The quantitative estimate of drug-likeness (QED) is 0.833. The molecule has 0 fully saturated rings. The van der Waals surface area contributed by atoms with Crippen LogP contribution in [-0.2, 0) is 6.54 Å². The molecule has 1 aromatic carbocycles. The molecule has 0 saturated carbocycles. The zero-order valence-corrected chi connectivity index (χ0v) is 14.6. The van der Waals surface area contributed by atoms with E-state index in [-0.39, 0.29) is 17.1 Å². The van der Waals surface area contributed by atoms with Crippen LogP contribution in [0.2, 0.25) is 5.02 Å². The van der Waals surface area contributed by atoms with Crippen LogP contribution in [0.4, 0.5) is 14.9 Å². The topological polar surface area (TPSA) is 37.3 Å². The van der Waals surface area contributed by atoms with Gasteiger partial charge in [0.2, 0.25) is 0 Å². The lowest BCUT2D eigenvalue weighted by Crippen LogP contribution is -2.44. The Morgan fingerprint density at radius 2 is 2.12 bits per heavy atom. The van der Waals surface area contributed by atoms with Crippen LogP contribution in [0, 0.1) is 12.7 Å². The van der Waals surface area contributed by atoms with Crippen LogP contribution >= 0.6 is 11.6 Å². The number of carbonyl (C=O) groups is 1. The first-order valence-electron chi connectivity index (χ1n) is 8.20. The number of carbonyl (C=O) groups excluding carboxylic acids is 1. The first-order chi connectivity index (χ1) is 11.5. The molecular weight excluding hydrogens is 329 g/mol. The van der Waals surface area contributed by atoms with E-state index < -0.39 is 5.82 Å². The zero-order valence-electron chi connectivity index (χ0n) is 13.9. The van der Waals surface area contributed by atoms with E-state index in [1.54, 1.807) is 0 Å². The Balaban J connectivity index is 1.81. The molecule has 0 bridgehead atoms.